The molecule has 0 radical (unpaired) electrons. The fourth-order valence-corrected chi connectivity index (χ4v) is 4.61. The van der Waals surface area contributed by atoms with Gasteiger partial charge in [0.05, 0.1) is 10.7 Å². The Morgan fingerprint density at radius 1 is 1.35 bits per heavy atom. The third-order valence-corrected chi connectivity index (χ3v) is 5.94. The minimum absolute atomic E-state index is 0. The van der Waals surface area contributed by atoms with E-state index in [1.54, 1.807) is 0 Å². The SMILES string of the molecule is CC1CCN(S(=O)(=O)Cc2ccc([N+](=O)[O-])cc2)C(CN)C1.Cl. The fraction of sp³-hybridized carbons (Fsp3) is 0.571. The highest BCUT2D eigenvalue weighted by atomic mass is 35.5. The molecule has 2 rings (SSSR count). The van der Waals surface area contributed by atoms with E-state index in [1.807, 2.05) is 0 Å². The Bertz CT molecular complexity index is 636. The van der Waals surface area contributed by atoms with Crippen LogP contribution in [0.2, 0.25) is 0 Å². The third kappa shape index (κ3) is 4.87. The number of sulfonamides is 1. The Labute approximate surface area is 142 Å². The van der Waals surface area contributed by atoms with Crippen molar-refractivity contribution < 1.29 is 13.3 Å². The van der Waals surface area contributed by atoms with Gasteiger partial charge in [0.15, 0.2) is 0 Å². The highest BCUT2D eigenvalue weighted by Gasteiger charge is 2.33. The zero-order chi connectivity index (χ0) is 16.3. The Hall–Kier alpha value is -1.22. The Kier molecular flexibility index (Phi) is 6.94. The van der Waals surface area contributed by atoms with Gasteiger partial charge < -0.3 is 5.73 Å². The van der Waals surface area contributed by atoms with Crippen molar-refractivity contribution in [1.82, 2.24) is 4.31 Å². The van der Waals surface area contributed by atoms with Crippen molar-refractivity contribution in [2.75, 3.05) is 13.1 Å². The molecule has 0 aromatic heterocycles. The number of rotatable bonds is 5. The number of non-ortho nitro benzene ring substituents is 1. The molecule has 0 amide bonds. The van der Waals surface area contributed by atoms with E-state index in [0.29, 0.717) is 24.6 Å². The molecule has 1 heterocycles. The zero-order valence-corrected chi connectivity index (χ0v) is 14.6. The minimum Gasteiger partial charge on any atom is -0.329 e. The smallest absolute Gasteiger partial charge is 0.269 e. The summed E-state index contributed by atoms with van der Waals surface area (Å²) in [6.45, 7) is 2.89. The van der Waals surface area contributed by atoms with Crippen LogP contribution in [0.15, 0.2) is 24.3 Å². The summed E-state index contributed by atoms with van der Waals surface area (Å²) in [4.78, 5) is 10.1. The van der Waals surface area contributed by atoms with Gasteiger partial charge in [0, 0.05) is 31.3 Å². The monoisotopic (exact) mass is 363 g/mol. The number of benzene rings is 1. The minimum atomic E-state index is -3.47. The molecule has 0 aliphatic carbocycles. The quantitative estimate of drug-likeness (QED) is 0.635. The van der Waals surface area contributed by atoms with E-state index in [1.165, 1.54) is 28.6 Å². The zero-order valence-electron chi connectivity index (χ0n) is 12.9. The van der Waals surface area contributed by atoms with Crippen LogP contribution in [-0.2, 0) is 15.8 Å². The van der Waals surface area contributed by atoms with Crippen molar-refractivity contribution in [2.24, 2.45) is 11.7 Å². The maximum absolute atomic E-state index is 12.6. The molecule has 2 unspecified atom stereocenters. The molecule has 7 nitrogen and oxygen atoms in total. The van der Waals surface area contributed by atoms with Crippen molar-refractivity contribution in [3.8, 4) is 0 Å². The van der Waals surface area contributed by atoms with Gasteiger partial charge in [-0.25, -0.2) is 8.42 Å². The Balaban J connectivity index is 0.00000264. The average molecular weight is 364 g/mol. The summed E-state index contributed by atoms with van der Waals surface area (Å²) in [5.41, 5.74) is 6.21. The molecule has 2 N–H and O–H groups in total. The number of nitrogens with zero attached hydrogens (tertiary/aromatic N) is 2. The molecule has 1 saturated heterocycles. The molecule has 1 aliphatic heterocycles. The van der Waals surface area contributed by atoms with E-state index in [2.05, 4.69) is 6.92 Å². The van der Waals surface area contributed by atoms with Crippen molar-refractivity contribution in [3.05, 3.63) is 39.9 Å². The summed E-state index contributed by atoms with van der Waals surface area (Å²) < 4.78 is 26.7. The largest absolute Gasteiger partial charge is 0.329 e. The predicted molar refractivity (Wildman–Crippen MR) is 90.9 cm³/mol. The van der Waals surface area contributed by atoms with E-state index in [-0.39, 0.29) is 29.9 Å². The Morgan fingerprint density at radius 3 is 2.48 bits per heavy atom. The summed E-state index contributed by atoms with van der Waals surface area (Å²) in [5.74, 6) is 0.315. The van der Waals surface area contributed by atoms with Crippen LogP contribution in [0.3, 0.4) is 0 Å². The molecule has 9 heteroatoms. The molecular weight excluding hydrogens is 342 g/mol. The van der Waals surface area contributed by atoms with Gasteiger partial charge in [-0.15, -0.1) is 12.4 Å². The molecule has 0 spiro atoms. The van der Waals surface area contributed by atoms with Crippen LogP contribution in [0.4, 0.5) is 5.69 Å². The van der Waals surface area contributed by atoms with Gasteiger partial charge in [-0.05, 0) is 24.3 Å². The molecule has 1 fully saturated rings. The topological polar surface area (TPSA) is 107 Å². The van der Waals surface area contributed by atoms with Gasteiger partial charge in [-0.3, -0.25) is 10.1 Å². The molecule has 23 heavy (non-hydrogen) atoms. The third-order valence-electron chi connectivity index (χ3n) is 4.05. The van der Waals surface area contributed by atoms with Crippen LogP contribution in [0.1, 0.15) is 25.3 Å². The number of halogens is 1. The number of hydrogen-bond donors (Lipinski definition) is 1. The molecule has 2 atom stereocenters. The van der Waals surface area contributed by atoms with Gasteiger partial charge in [-0.1, -0.05) is 19.1 Å². The highest BCUT2D eigenvalue weighted by molar-refractivity contribution is 7.88. The number of nitrogens with two attached hydrogens (primary N) is 1. The lowest BCUT2D eigenvalue weighted by molar-refractivity contribution is -0.384. The number of nitro benzene ring substituents is 1. The molecule has 0 bridgehead atoms. The lowest BCUT2D eigenvalue weighted by Gasteiger charge is -2.36. The number of piperidine rings is 1. The van der Waals surface area contributed by atoms with E-state index in [9.17, 15) is 18.5 Å². The van der Waals surface area contributed by atoms with Gasteiger partial charge in [0.25, 0.3) is 5.69 Å². The lowest BCUT2D eigenvalue weighted by atomic mass is 9.94. The van der Waals surface area contributed by atoms with Crippen LogP contribution in [0.5, 0.6) is 0 Å². The van der Waals surface area contributed by atoms with Crippen molar-refractivity contribution in [1.29, 1.82) is 0 Å². The number of nitro groups is 1. The predicted octanol–water partition coefficient (Wildman–Crippen LogP) is 1.91. The van der Waals surface area contributed by atoms with Crippen LogP contribution in [0.25, 0.3) is 0 Å². The maximum Gasteiger partial charge on any atom is 0.269 e. The van der Waals surface area contributed by atoms with Gasteiger partial charge in [-0.2, -0.15) is 4.31 Å². The molecular formula is C14H22ClN3O4S. The normalized spacial score (nSPS) is 22.3. The first-order chi connectivity index (χ1) is 10.3. The molecule has 1 aromatic rings. The standard InChI is InChI=1S/C14H21N3O4S.ClH/c1-11-6-7-16(14(8-11)9-15)22(20,21)10-12-2-4-13(5-3-12)17(18)19;/h2-5,11,14H,6-10,15H2,1H3;1H. The molecule has 1 aromatic carbocycles. The Morgan fingerprint density at radius 2 is 1.96 bits per heavy atom. The van der Waals surface area contributed by atoms with Crippen LogP contribution >= 0.6 is 12.4 Å². The summed E-state index contributed by atoms with van der Waals surface area (Å²) in [7, 11) is -3.47. The first-order valence-corrected chi connectivity index (χ1v) is 8.87. The lowest BCUT2D eigenvalue weighted by Crippen LogP contribution is -2.49. The second kappa shape index (κ2) is 8.05. The second-order valence-electron chi connectivity index (χ2n) is 5.81. The summed E-state index contributed by atoms with van der Waals surface area (Å²) in [6.07, 6.45) is 1.60. The number of hydrogen-bond acceptors (Lipinski definition) is 5. The van der Waals surface area contributed by atoms with Gasteiger partial charge in [0.2, 0.25) is 10.0 Å². The van der Waals surface area contributed by atoms with Crippen molar-refractivity contribution in [2.45, 2.75) is 31.6 Å². The van der Waals surface area contributed by atoms with Crippen LogP contribution in [0, 0.1) is 16.0 Å². The highest BCUT2D eigenvalue weighted by Crippen LogP contribution is 2.26. The van der Waals surface area contributed by atoms with Crippen LogP contribution < -0.4 is 5.73 Å². The molecule has 1 aliphatic rings. The van der Waals surface area contributed by atoms with Crippen molar-refractivity contribution >= 4 is 28.1 Å². The van der Waals surface area contributed by atoms with Gasteiger partial charge >= 0.3 is 0 Å². The van der Waals surface area contributed by atoms with E-state index >= 15 is 0 Å². The average Bonchev–Trinajstić information content (AvgIpc) is 2.46. The summed E-state index contributed by atoms with van der Waals surface area (Å²) >= 11 is 0. The maximum atomic E-state index is 12.6. The summed E-state index contributed by atoms with van der Waals surface area (Å²) in [6, 6.07) is 5.46. The first kappa shape index (κ1) is 19.8. The van der Waals surface area contributed by atoms with Gasteiger partial charge in [0.1, 0.15) is 0 Å². The van der Waals surface area contributed by atoms with E-state index in [0.717, 1.165) is 12.8 Å². The van der Waals surface area contributed by atoms with Crippen molar-refractivity contribution in [3.63, 3.8) is 0 Å². The van der Waals surface area contributed by atoms with E-state index in [4.69, 9.17) is 5.73 Å². The summed E-state index contributed by atoms with van der Waals surface area (Å²) in [5, 5.41) is 10.6. The molecule has 0 saturated carbocycles. The van der Waals surface area contributed by atoms with Crippen LogP contribution in [-0.4, -0.2) is 36.8 Å². The van der Waals surface area contributed by atoms with E-state index < -0.39 is 14.9 Å². The fourth-order valence-electron chi connectivity index (χ4n) is 2.82. The first-order valence-electron chi connectivity index (χ1n) is 7.26. The molecule has 130 valence electrons. The second-order valence-corrected chi connectivity index (χ2v) is 7.73.